The zero-order valence-corrected chi connectivity index (χ0v) is 15.4. The fraction of sp³-hybridized carbons (Fsp3) is 0.588. The highest BCUT2D eigenvalue weighted by Crippen LogP contribution is 2.22. The zero-order chi connectivity index (χ0) is 17.7. The van der Waals surface area contributed by atoms with Crippen LogP contribution < -0.4 is 10.6 Å². The maximum absolute atomic E-state index is 12.5. The summed E-state index contributed by atoms with van der Waals surface area (Å²) >= 11 is 0. The highest BCUT2D eigenvalue weighted by molar-refractivity contribution is 7.89. The van der Waals surface area contributed by atoms with E-state index in [0.29, 0.717) is 18.8 Å². The van der Waals surface area contributed by atoms with Crippen molar-refractivity contribution in [3.05, 3.63) is 24.3 Å². The molecule has 1 heterocycles. The lowest BCUT2D eigenvalue weighted by Crippen LogP contribution is -2.42. The molecule has 7 heteroatoms. The number of hydrogen-bond acceptors (Lipinski definition) is 4. The van der Waals surface area contributed by atoms with Gasteiger partial charge in [-0.1, -0.05) is 6.92 Å². The summed E-state index contributed by atoms with van der Waals surface area (Å²) in [5.41, 5.74) is 0.596. The fourth-order valence-corrected chi connectivity index (χ4v) is 4.18. The van der Waals surface area contributed by atoms with Gasteiger partial charge in [0.25, 0.3) is 0 Å². The molecule has 0 bridgehead atoms. The summed E-state index contributed by atoms with van der Waals surface area (Å²) in [7, 11) is -3.41. The van der Waals surface area contributed by atoms with Crippen LogP contribution in [0.4, 0.5) is 5.69 Å². The van der Waals surface area contributed by atoms with Crippen molar-refractivity contribution >= 4 is 21.6 Å². The Morgan fingerprint density at radius 2 is 1.75 bits per heavy atom. The first kappa shape index (κ1) is 18.9. The minimum absolute atomic E-state index is 0.134. The van der Waals surface area contributed by atoms with Gasteiger partial charge in [-0.3, -0.25) is 4.79 Å². The standard InChI is InChI=1S/C17H27N3O3S/c1-4-13(2)18-14(3)17(21)19-15-7-9-16(10-8-15)24(22,23)20-11-5-6-12-20/h7-10,13-14,18H,4-6,11-12H2,1-3H3,(H,19,21)/t13-,14+/m0/s1. The van der Waals surface area contributed by atoms with E-state index in [0.717, 1.165) is 19.3 Å². The van der Waals surface area contributed by atoms with Gasteiger partial charge in [0, 0.05) is 24.8 Å². The van der Waals surface area contributed by atoms with E-state index in [2.05, 4.69) is 17.6 Å². The second kappa shape index (κ2) is 8.09. The second-order valence-electron chi connectivity index (χ2n) is 6.32. The monoisotopic (exact) mass is 353 g/mol. The van der Waals surface area contributed by atoms with Crippen molar-refractivity contribution in [2.75, 3.05) is 18.4 Å². The average Bonchev–Trinajstić information content (AvgIpc) is 3.10. The Kier molecular flexibility index (Phi) is 6.37. The van der Waals surface area contributed by atoms with Gasteiger partial charge in [-0.25, -0.2) is 8.42 Å². The Hall–Kier alpha value is -1.44. The van der Waals surface area contributed by atoms with Crippen molar-refractivity contribution in [3.8, 4) is 0 Å². The number of nitrogens with one attached hydrogen (secondary N) is 2. The summed E-state index contributed by atoms with van der Waals surface area (Å²) in [6.45, 7) is 7.07. The van der Waals surface area contributed by atoms with Gasteiger partial charge in [0.1, 0.15) is 0 Å². The SMILES string of the molecule is CC[C@H](C)N[C@H](C)C(=O)Nc1ccc(S(=O)(=O)N2CCCC2)cc1. The molecule has 134 valence electrons. The first-order valence-corrected chi connectivity index (χ1v) is 9.95. The van der Waals surface area contributed by atoms with Crippen molar-refractivity contribution in [1.29, 1.82) is 0 Å². The van der Waals surface area contributed by atoms with E-state index in [-0.39, 0.29) is 22.9 Å². The maximum atomic E-state index is 12.5. The molecule has 1 aromatic rings. The summed E-state index contributed by atoms with van der Waals surface area (Å²) in [4.78, 5) is 12.4. The number of rotatable bonds is 7. The largest absolute Gasteiger partial charge is 0.325 e. The van der Waals surface area contributed by atoms with Gasteiger partial charge in [-0.2, -0.15) is 4.31 Å². The lowest BCUT2D eigenvalue weighted by atomic mass is 10.2. The molecule has 0 unspecified atom stereocenters. The molecule has 2 rings (SSSR count). The summed E-state index contributed by atoms with van der Waals surface area (Å²) in [5, 5.41) is 6.02. The molecule has 1 aliphatic heterocycles. The topological polar surface area (TPSA) is 78.5 Å². The van der Waals surface area contributed by atoms with Crippen LogP contribution in [0.1, 0.15) is 40.0 Å². The van der Waals surface area contributed by atoms with Crippen molar-refractivity contribution in [2.45, 2.75) is 57.0 Å². The molecule has 24 heavy (non-hydrogen) atoms. The quantitative estimate of drug-likeness (QED) is 0.788. The van der Waals surface area contributed by atoms with Gasteiger partial charge in [0.05, 0.1) is 10.9 Å². The number of carbonyl (C=O) groups is 1. The average molecular weight is 353 g/mol. The van der Waals surface area contributed by atoms with Gasteiger partial charge in [-0.05, 0) is 57.4 Å². The zero-order valence-electron chi connectivity index (χ0n) is 14.6. The molecule has 1 aromatic carbocycles. The third-order valence-corrected chi connectivity index (χ3v) is 6.28. The van der Waals surface area contributed by atoms with Gasteiger partial charge in [0.2, 0.25) is 15.9 Å². The predicted octanol–water partition coefficient (Wildman–Crippen LogP) is 2.19. The molecule has 0 aliphatic carbocycles. The Morgan fingerprint density at radius 1 is 1.17 bits per heavy atom. The Labute approximate surface area is 144 Å². The van der Waals surface area contributed by atoms with E-state index < -0.39 is 10.0 Å². The highest BCUT2D eigenvalue weighted by atomic mass is 32.2. The van der Waals surface area contributed by atoms with E-state index in [1.807, 2.05) is 13.8 Å². The highest BCUT2D eigenvalue weighted by Gasteiger charge is 2.27. The van der Waals surface area contributed by atoms with E-state index >= 15 is 0 Å². The Bertz CT molecular complexity index is 652. The predicted molar refractivity (Wildman–Crippen MR) is 95.4 cm³/mol. The minimum atomic E-state index is -3.41. The van der Waals surface area contributed by atoms with Crippen molar-refractivity contribution < 1.29 is 13.2 Å². The first-order chi connectivity index (χ1) is 11.3. The second-order valence-corrected chi connectivity index (χ2v) is 8.26. The molecule has 0 spiro atoms. The summed E-state index contributed by atoms with van der Waals surface area (Å²) < 4.78 is 26.4. The smallest absolute Gasteiger partial charge is 0.243 e. The molecule has 1 saturated heterocycles. The third-order valence-electron chi connectivity index (χ3n) is 4.36. The van der Waals surface area contributed by atoms with Gasteiger partial charge in [0.15, 0.2) is 0 Å². The number of amides is 1. The molecule has 0 aromatic heterocycles. The number of nitrogens with zero attached hydrogens (tertiary/aromatic N) is 1. The van der Waals surface area contributed by atoms with Crippen LogP contribution in [0.2, 0.25) is 0 Å². The van der Waals surface area contributed by atoms with Crippen molar-refractivity contribution in [3.63, 3.8) is 0 Å². The van der Waals surface area contributed by atoms with Gasteiger partial charge in [-0.15, -0.1) is 0 Å². The molecular formula is C17H27N3O3S. The van der Waals surface area contributed by atoms with Crippen LogP contribution in [0.5, 0.6) is 0 Å². The van der Waals surface area contributed by atoms with Crippen LogP contribution in [0.25, 0.3) is 0 Å². The maximum Gasteiger partial charge on any atom is 0.243 e. The lowest BCUT2D eigenvalue weighted by molar-refractivity contribution is -0.117. The molecule has 1 fully saturated rings. The van der Waals surface area contributed by atoms with Crippen LogP contribution in [-0.2, 0) is 14.8 Å². The van der Waals surface area contributed by atoms with Gasteiger partial charge >= 0.3 is 0 Å². The summed E-state index contributed by atoms with van der Waals surface area (Å²) in [6.07, 6.45) is 2.77. The molecule has 0 radical (unpaired) electrons. The number of hydrogen-bond donors (Lipinski definition) is 2. The fourth-order valence-electron chi connectivity index (χ4n) is 2.66. The van der Waals surface area contributed by atoms with Crippen molar-refractivity contribution in [1.82, 2.24) is 9.62 Å². The van der Waals surface area contributed by atoms with E-state index in [1.54, 1.807) is 24.3 Å². The molecule has 6 nitrogen and oxygen atoms in total. The van der Waals surface area contributed by atoms with Crippen LogP contribution in [0.15, 0.2) is 29.2 Å². The summed E-state index contributed by atoms with van der Waals surface area (Å²) in [5.74, 6) is -0.134. The molecule has 1 aliphatic rings. The normalized spacial score (nSPS) is 18.3. The first-order valence-electron chi connectivity index (χ1n) is 8.51. The van der Waals surface area contributed by atoms with Crippen molar-refractivity contribution in [2.24, 2.45) is 0 Å². The molecule has 1 amide bonds. The molecule has 2 atom stereocenters. The third kappa shape index (κ3) is 4.55. The minimum Gasteiger partial charge on any atom is -0.325 e. The molecule has 0 saturated carbocycles. The van der Waals surface area contributed by atoms with Crippen LogP contribution >= 0.6 is 0 Å². The number of carbonyl (C=O) groups excluding carboxylic acids is 1. The summed E-state index contributed by atoms with van der Waals surface area (Å²) in [6, 6.07) is 6.33. The Morgan fingerprint density at radius 3 is 2.29 bits per heavy atom. The van der Waals surface area contributed by atoms with Crippen LogP contribution in [-0.4, -0.2) is 43.8 Å². The van der Waals surface area contributed by atoms with Gasteiger partial charge < -0.3 is 10.6 Å². The lowest BCUT2D eigenvalue weighted by Gasteiger charge is -2.19. The number of anilines is 1. The number of sulfonamides is 1. The molecule has 2 N–H and O–H groups in total. The van der Waals surface area contributed by atoms with E-state index in [4.69, 9.17) is 0 Å². The van der Waals surface area contributed by atoms with E-state index in [1.165, 1.54) is 4.31 Å². The Balaban J connectivity index is 2.00. The number of benzene rings is 1. The van der Waals surface area contributed by atoms with E-state index in [9.17, 15) is 13.2 Å². The van der Waals surface area contributed by atoms with Crippen LogP contribution in [0, 0.1) is 0 Å². The van der Waals surface area contributed by atoms with Crippen LogP contribution in [0.3, 0.4) is 0 Å². The molecular weight excluding hydrogens is 326 g/mol.